The average Bonchev–Trinajstić information content (AvgIpc) is 2.53. The minimum absolute atomic E-state index is 0.0194. The van der Waals surface area contributed by atoms with Crippen LogP contribution in [0, 0.1) is 0 Å². The molecule has 18 heavy (non-hydrogen) atoms. The van der Waals surface area contributed by atoms with Gasteiger partial charge in [-0.05, 0) is 18.6 Å². The minimum atomic E-state index is -0.399. The van der Waals surface area contributed by atoms with Gasteiger partial charge in [-0.2, -0.15) is 0 Å². The van der Waals surface area contributed by atoms with Crippen molar-refractivity contribution in [3.05, 3.63) is 30.1 Å². The maximum Gasteiger partial charge on any atom is 0.245 e. The quantitative estimate of drug-likeness (QED) is 0.855. The van der Waals surface area contributed by atoms with Crippen LogP contribution in [0.4, 0.5) is 0 Å². The Balaban J connectivity index is 2.11. The summed E-state index contributed by atoms with van der Waals surface area (Å²) in [6, 6.07) is 5.22. The number of carbonyl (C=O) groups excluding carboxylic acids is 2. The average molecular weight is 247 g/mol. The lowest BCUT2D eigenvalue weighted by molar-refractivity contribution is -0.134. The fourth-order valence-corrected chi connectivity index (χ4v) is 2.02. The Morgan fingerprint density at radius 3 is 2.94 bits per heavy atom. The van der Waals surface area contributed by atoms with Gasteiger partial charge in [-0.3, -0.25) is 14.6 Å². The van der Waals surface area contributed by atoms with Crippen LogP contribution in [0.3, 0.4) is 0 Å². The van der Waals surface area contributed by atoms with Crippen molar-refractivity contribution in [1.29, 1.82) is 0 Å². The van der Waals surface area contributed by atoms with Gasteiger partial charge in [0.25, 0.3) is 0 Å². The van der Waals surface area contributed by atoms with E-state index in [4.69, 9.17) is 0 Å². The minimum Gasteiger partial charge on any atom is -0.344 e. The Morgan fingerprint density at radius 1 is 1.44 bits per heavy atom. The monoisotopic (exact) mass is 247 g/mol. The maximum absolute atomic E-state index is 12.2. The number of amides is 2. The summed E-state index contributed by atoms with van der Waals surface area (Å²) in [5.41, 5.74) is 0.843. The lowest BCUT2D eigenvalue weighted by Gasteiger charge is -2.22. The molecule has 0 saturated carbocycles. The largest absolute Gasteiger partial charge is 0.344 e. The Bertz CT molecular complexity index is 433. The van der Waals surface area contributed by atoms with E-state index >= 15 is 0 Å². The summed E-state index contributed by atoms with van der Waals surface area (Å²) in [6.45, 7) is 2.82. The van der Waals surface area contributed by atoms with Crippen LogP contribution < -0.4 is 5.32 Å². The van der Waals surface area contributed by atoms with Crippen LogP contribution in [0.15, 0.2) is 24.4 Å². The van der Waals surface area contributed by atoms with Crippen molar-refractivity contribution in [3.63, 3.8) is 0 Å². The number of carbonyl (C=O) groups is 2. The van der Waals surface area contributed by atoms with Gasteiger partial charge in [0, 0.05) is 19.2 Å². The molecule has 1 unspecified atom stereocenters. The van der Waals surface area contributed by atoms with Crippen molar-refractivity contribution < 1.29 is 9.59 Å². The molecule has 0 aliphatic carbocycles. The van der Waals surface area contributed by atoms with Crippen LogP contribution in [0.2, 0.25) is 0 Å². The lowest BCUT2D eigenvalue weighted by atomic mass is 10.2. The summed E-state index contributed by atoms with van der Waals surface area (Å²) in [4.78, 5) is 29.6. The van der Waals surface area contributed by atoms with Crippen LogP contribution in [0.1, 0.15) is 25.5 Å². The molecule has 2 rings (SSSR count). The van der Waals surface area contributed by atoms with Crippen LogP contribution in [0.5, 0.6) is 0 Å². The Kier molecular flexibility index (Phi) is 3.92. The first-order valence-corrected chi connectivity index (χ1v) is 6.18. The van der Waals surface area contributed by atoms with Gasteiger partial charge in [-0.25, -0.2) is 0 Å². The van der Waals surface area contributed by atoms with E-state index in [0.717, 1.165) is 5.69 Å². The standard InChI is InChI=1S/C13H17N3O2/c1-2-11-13(18)16(8-6-12(17)15-11)9-10-5-3-4-7-14-10/h3-5,7,11H,2,6,8-9H2,1H3,(H,15,17). The highest BCUT2D eigenvalue weighted by atomic mass is 16.2. The highest BCUT2D eigenvalue weighted by molar-refractivity contribution is 5.89. The predicted molar refractivity (Wildman–Crippen MR) is 66.5 cm³/mol. The SMILES string of the molecule is CCC1NC(=O)CCN(Cc2ccccn2)C1=O. The van der Waals surface area contributed by atoms with E-state index in [-0.39, 0.29) is 11.8 Å². The van der Waals surface area contributed by atoms with Gasteiger partial charge in [-0.15, -0.1) is 0 Å². The zero-order valence-electron chi connectivity index (χ0n) is 10.4. The van der Waals surface area contributed by atoms with Gasteiger partial charge in [-0.1, -0.05) is 13.0 Å². The van der Waals surface area contributed by atoms with Crippen molar-refractivity contribution in [2.45, 2.75) is 32.4 Å². The van der Waals surface area contributed by atoms with E-state index in [9.17, 15) is 9.59 Å². The van der Waals surface area contributed by atoms with E-state index in [1.54, 1.807) is 11.1 Å². The summed E-state index contributed by atoms with van der Waals surface area (Å²) in [5.74, 6) is -0.0762. The molecule has 1 N–H and O–H groups in total. The Morgan fingerprint density at radius 2 is 2.28 bits per heavy atom. The molecule has 1 aromatic heterocycles. The Hall–Kier alpha value is -1.91. The molecule has 0 aromatic carbocycles. The second-order valence-electron chi connectivity index (χ2n) is 4.36. The summed E-state index contributed by atoms with van der Waals surface area (Å²) in [6.07, 6.45) is 2.68. The summed E-state index contributed by atoms with van der Waals surface area (Å²) in [7, 11) is 0. The summed E-state index contributed by atoms with van der Waals surface area (Å²) in [5, 5.41) is 2.74. The van der Waals surface area contributed by atoms with E-state index in [0.29, 0.717) is 25.9 Å². The van der Waals surface area contributed by atoms with Crippen molar-refractivity contribution in [2.24, 2.45) is 0 Å². The van der Waals surface area contributed by atoms with Crippen molar-refractivity contribution >= 4 is 11.8 Å². The molecule has 2 amide bonds. The number of aromatic nitrogens is 1. The molecule has 1 aromatic rings. The third-order valence-electron chi connectivity index (χ3n) is 3.04. The third-order valence-corrected chi connectivity index (χ3v) is 3.04. The molecule has 1 fully saturated rings. The number of hydrogen-bond donors (Lipinski definition) is 1. The molecular formula is C13H17N3O2. The topological polar surface area (TPSA) is 62.3 Å². The number of pyridine rings is 1. The first kappa shape index (κ1) is 12.5. The molecule has 0 spiro atoms. The molecular weight excluding hydrogens is 230 g/mol. The first-order chi connectivity index (χ1) is 8.70. The number of hydrogen-bond acceptors (Lipinski definition) is 3. The smallest absolute Gasteiger partial charge is 0.245 e. The number of nitrogens with zero attached hydrogens (tertiary/aromatic N) is 2. The second-order valence-corrected chi connectivity index (χ2v) is 4.36. The van der Waals surface area contributed by atoms with Gasteiger partial charge in [0.1, 0.15) is 6.04 Å². The molecule has 1 aliphatic heterocycles. The van der Waals surface area contributed by atoms with Crippen molar-refractivity contribution in [3.8, 4) is 0 Å². The van der Waals surface area contributed by atoms with Crippen molar-refractivity contribution in [1.82, 2.24) is 15.2 Å². The van der Waals surface area contributed by atoms with Gasteiger partial charge >= 0.3 is 0 Å². The molecule has 5 nitrogen and oxygen atoms in total. The highest BCUT2D eigenvalue weighted by Gasteiger charge is 2.28. The van der Waals surface area contributed by atoms with Gasteiger partial charge in [0.2, 0.25) is 11.8 Å². The third kappa shape index (κ3) is 2.85. The van der Waals surface area contributed by atoms with E-state index in [1.807, 2.05) is 25.1 Å². The van der Waals surface area contributed by atoms with Gasteiger partial charge in [0.05, 0.1) is 12.2 Å². The molecule has 1 aliphatic rings. The van der Waals surface area contributed by atoms with Crippen LogP contribution in [-0.4, -0.2) is 34.3 Å². The molecule has 0 radical (unpaired) electrons. The first-order valence-electron chi connectivity index (χ1n) is 6.18. The number of rotatable bonds is 3. The van der Waals surface area contributed by atoms with Crippen molar-refractivity contribution in [2.75, 3.05) is 6.54 Å². The molecule has 96 valence electrons. The van der Waals surface area contributed by atoms with Gasteiger partial charge in [0.15, 0.2) is 0 Å². The summed E-state index contributed by atoms with van der Waals surface area (Å²) < 4.78 is 0. The maximum atomic E-state index is 12.2. The molecule has 5 heteroatoms. The van der Waals surface area contributed by atoms with E-state index in [1.165, 1.54) is 0 Å². The molecule has 1 saturated heterocycles. The van der Waals surface area contributed by atoms with Gasteiger partial charge < -0.3 is 10.2 Å². The fraction of sp³-hybridized carbons (Fsp3) is 0.462. The van der Waals surface area contributed by atoms with Crippen LogP contribution in [-0.2, 0) is 16.1 Å². The normalized spacial score (nSPS) is 20.5. The molecule has 1 atom stereocenters. The van der Waals surface area contributed by atoms with E-state index < -0.39 is 6.04 Å². The zero-order chi connectivity index (χ0) is 13.0. The predicted octanol–water partition coefficient (Wildman–Crippen LogP) is 0.709. The lowest BCUT2D eigenvalue weighted by Crippen LogP contribution is -2.44. The number of nitrogens with one attached hydrogen (secondary N) is 1. The zero-order valence-corrected chi connectivity index (χ0v) is 10.4. The fourth-order valence-electron chi connectivity index (χ4n) is 2.02. The van der Waals surface area contributed by atoms with Crippen LogP contribution in [0.25, 0.3) is 0 Å². The molecule has 2 heterocycles. The highest BCUT2D eigenvalue weighted by Crippen LogP contribution is 2.10. The van der Waals surface area contributed by atoms with E-state index in [2.05, 4.69) is 10.3 Å². The second kappa shape index (κ2) is 5.62. The summed E-state index contributed by atoms with van der Waals surface area (Å²) >= 11 is 0. The Labute approximate surface area is 106 Å². The van der Waals surface area contributed by atoms with Crippen LogP contribution >= 0.6 is 0 Å². The molecule has 0 bridgehead atoms.